The van der Waals surface area contributed by atoms with Crippen LogP contribution >= 0.6 is 0 Å². The molecule has 3 fully saturated rings. The Morgan fingerprint density at radius 3 is 2.72 bits per heavy atom. The van der Waals surface area contributed by atoms with E-state index >= 15 is 0 Å². The molecule has 1 N–H and O–H groups in total. The molecule has 1 heterocycles. The van der Waals surface area contributed by atoms with Crippen molar-refractivity contribution in [2.45, 2.75) is 64.1 Å². The van der Waals surface area contributed by atoms with Crippen molar-refractivity contribution in [2.75, 3.05) is 0 Å². The summed E-state index contributed by atoms with van der Waals surface area (Å²) in [6.45, 7) is 6.36. The van der Waals surface area contributed by atoms with Gasteiger partial charge in [-0.15, -0.1) is 0 Å². The van der Waals surface area contributed by atoms with E-state index < -0.39 is 5.60 Å². The molecule has 1 spiro atoms. The number of carbonyl (C=O) groups is 1. The monoisotopic (exact) mass is 252 g/mol. The first-order chi connectivity index (χ1) is 8.37. The average molecular weight is 252 g/mol. The summed E-state index contributed by atoms with van der Waals surface area (Å²) in [5, 5.41) is 10.7. The highest BCUT2D eigenvalue weighted by atomic mass is 16.6. The van der Waals surface area contributed by atoms with Crippen LogP contribution in [0.5, 0.6) is 0 Å². The van der Waals surface area contributed by atoms with E-state index in [4.69, 9.17) is 4.74 Å². The molecule has 3 heteroatoms. The molecule has 1 aliphatic heterocycles. The predicted molar refractivity (Wildman–Crippen MR) is 67.8 cm³/mol. The van der Waals surface area contributed by atoms with Crippen LogP contribution in [0.4, 0.5) is 0 Å². The number of hydrogen-bond acceptors (Lipinski definition) is 3. The maximum atomic E-state index is 12.0. The lowest BCUT2D eigenvalue weighted by Crippen LogP contribution is -2.60. The van der Waals surface area contributed by atoms with Crippen LogP contribution in [0.25, 0.3) is 0 Å². The zero-order chi connectivity index (χ0) is 13.1. The van der Waals surface area contributed by atoms with E-state index in [-0.39, 0.29) is 23.4 Å². The van der Waals surface area contributed by atoms with Gasteiger partial charge >= 0.3 is 5.97 Å². The van der Waals surface area contributed by atoms with Gasteiger partial charge in [0.2, 0.25) is 0 Å². The van der Waals surface area contributed by atoms with E-state index in [1.165, 1.54) is 0 Å². The lowest BCUT2D eigenvalue weighted by atomic mass is 9.54. The molecular weight excluding hydrogens is 228 g/mol. The number of carbonyl (C=O) groups excluding carboxylic acids is 1. The molecule has 0 unspecified atom stereocenters. The van der Waals surface area contributed by atoms with Crippen molar-refractivity contribution in [3.8, 4) is 0 Å². The van der Waals surface area contributed by atoms with Crippen LogP contribution < -0.4 is 0 Å². The van der Waals surface area contributed by atoms with E-state index in [0.29, 0.717) is 11.8 Å². The van der Waals surface area contributed by atoms with Gasteiger partial charge in [0.1, 0.15) is 5.60 Å². The minimum atomic E-state index is -0.666. The Bertz CT molecular complexity index is 374. The summed E-state index contributed by atoms with van der Waals surface area (Å²) in [4.78, 5) is 12.0. The molecule has 2 aliphatic carbocycles. The van der Waals surface area contributed by atoms with Crippen molar-refractivity contribution < 1.29 is 14.6 Å². The summed E-state index contributed by atoms with van der Waals surface area (Å²) in [6.07, 6.45) is 4.49. The molecule has 3 rings (SSSR count). The molecule has 0 radical (unpaired) electrons. The van der Waals surface area contributed by atoms with Crippen molar-refractivity contribution in [1.29, 1.82) is 0 Å². The van der Waals surface area contributed by atoms with Crippen molar-refractivity contribution in [3.05, 3.63) is 0 Å². The lowest BCUT2D eigenvalue weighted by molar-refractivity contribution is -0.202. The van der Waals surface area contributed by atoms with Gasteiger partial charge in [0.15, 0.2) is 0 Å². The second-order valence-corrected chi connectivity index (χ2v) is 7.15. The Morgan fingerprint density at radius 2 is 2.06 bits per heavy atom. The summed E-state index contributed by atoms with van der Waals surface area (Å²) in [5.41, 5.74) is -1.03. The predicted octanol–water partition coefficient (Wildman–Crippen LogP) is 2.52. The fourth-order valence-electron chi connectivity index (χ4n) is 4.91. The van der Waals surface area contributed by atoms with Crippen LogP contribution in [-0.2, 0) is 9.53 Å². The van der Waals surface area contributed by atoms with Gasteiger partial charge in [0.05, 0.1) is 11.5 Å². The minimum absolute atomic E-state index is 0.0131. The van der Waals surface area contributed by atoms with Gasteiger partial charge in [-0.2, -0.15) is 0 Å². The van der Waals surface area contributed by atoms with E-state index in [1.807, 2.05) is 6.92 Å². The maximum Gasteiger partial charge on any atom is 0.309 e. The molecule has 2 saturated carbocycles. The number of esters is 1. The molecule has 0 aromatic carbocycles. The molecule has 2 bridgehead atoms. The topological polar surface area (TPSA) is 46.5 Å². The highest BCUT2D eigenvalue weighted by Crippen LogP contribution is 2.59. The Hall–Kier alpha value is -0.570. The highest BCUT2D eigenvalue weighted by Gasteiger charge is 2.65. The smallest absolute Gasteiger partial charge is 0.309 e. The first-order valence-electron chi connectivity index (χ1n) is 7.32. The van der Waals surface area contributed by atoms with Crippen LogP contribution in [0.2, 0.25) is 0 Å². The van der Waals surface area contributed by atoms with Crippen LogP contribution in [0.15, 0.2) is 0 Å². The molecule has 0 aromatic heterocycles. The number of rotatable bonds is 1. The minimum Gasteiger partial charge on any atom is -0.458 e. The molecular formula is C15H24O3. The standard InChI is InChI=1S/C15H24O3/c1-9(2)11-6-7-14(3,17)12-5-4-10-8-15(11,12)18-13(10)16/h9-12,17H,4-8H2,1-3H3/t10-,11-,12-,14+,15+/m1/s1. The van der Waals surface area contributed by atoms with Gasteiger partial charge in [0.25, 0.3) is 0 Å². The SMILES string of the molecule is CC(C)[C@H]1CC[C@](C)(O)[C@H]2CC[C@@H]3C[C@]12OC3=O. The van der Waals surface area contributed by atoms with Gasteiger partial charge in [-0.05, 0) is 38.5 Å². The van der Waals surface area contributed by atoms with Crippen LogP contribution in [-0.4, -0.2) is 22.3 Å². The largest absolute Gasteiger partial charge is 0.458 e. The summed E-state index contributed by atoms with van der Waals surface area (Å²) >= 11 is 0. The van der Waals surface area contributed by atoms with Gasteiger partial charge < -0.3 is 9.84 Å². The van der Waals surface area contributed by atoms with E-state index in [1.54, 1.807) is 0 Å². The number of aliphatic hydroxyl groups is 1. The van der Waals surface area contributed by atoms with Gasteiger partial charge in [-0.3, -0.25) is 4.79 Å². The lowest BCUT2D eigenvalue weighted by Gasteiger charge is -2.55. The highest BCUT2D eigenvalue weighted by molar-refractivity contribution is 5.76. The third kappa shape index (κ3) is 1.49. The molecule has 102 valence electrons. The molecule has 5 atom stereocenters. The maximum absolute atomic E-state index is 12.0. The fourth-order valence-corrected chi connectivity index (χ4v) is 4.91. The van der Waals surface area contributed by atoms with Gasteiger partial charge in [-0.1, -0.05) is 13.8 Å². The summed E-state index contributed by atoms with van der Waals surface area (Å²) in [7, 11) is 0. The number of ether oxygens (including phenoxy) is 1. The number of fused-ring (bicyclic) bond motifs is 1. The fraction of sp³-hybridized carbons (Fsp3) is 0.933. The second kappa shape index (κ2) is 3.72. The zero-order valence-electron chi connectivity index (χ0n) is 11.6. The van der Waals surface area contributed by atoms with Gasteiger partial charge in [-0.25, -0.2) is 0 Å². The second-order valence-electron chi connectivity index (χ2n) is 7.15. The summed E-state index contributed by atoms with van der Waals surface area (Å²) in [5.74, 6) is 1.14. The van der Waals surface area contributed by atoms with E-state index in [2.05, 4.69) is 13.8 Å². The molecule has 3 aliphatic rings. The molecule has 3 nitrogen and oxygen atoms in total. The normalized spacial score (nSPS) is 51.2. The third-order valence-corrected chi connectivity index (χ3v) is 5.73. The van der Waals surface area contributed by atoms with Crippen molar-refractivity contribution in [2.24, 2.45) is 23.7 Å². The Morgan fingerprint density at radius 1 is 1.33 bits per heavy atom. The Balaban J connectivity index is 2.03. The quantitative estimate of drug-likeness (QED) is 0.729. The van der Waals surface area contributed by atoms with Crippen molar-refractivity contribution in [3.63, 3.8) is 0 Å². The third-order valence-electron chi connectivity index (χ3n) is 5.73. The Kier molecular flexibility index (Phi) is 2.58. The van der Waals surface area contributed by atoms with Crippen molar-refractivity contribution in [1.82, 2.24) is 0 Å². The van der Waals surface area contributed by atoms with Crippen LogP contribution in [0.3, 0.4) is 0 Å². The average Bonchev–Trinajstić information content (AvgIpc) is 2.49. The molecule has 18 heavy (non-hydrogen) atoms. The van der Waals surface area contributed by atoms with E-state index in [0.717, 1.165) is 32.1 Å². The zero-order valence-corrected chi connectivity index (χ0v) is 11.6. The molecule has 1 saturated heterocycles. The first kappa shape index (κ1) is 12.5. The van der Waals surface area contributed by atoms with Crippen LogP contribution in [0, 0.1) is 23.7 Å². The van der Waals surface area contributed by atoms with Crippen LogP contribution in [0.1, 0.15) is 52.9 Å². The molecule has 0 amide bonds. The van der Waals surface area contributed by atoms with Gasteiger partial charge in [0, 0.05) is 18.3 Å². The summed E-state index contributed by atoms with van der Waals surface area (Å²) < 4.78 is 5.89. The summed E-state index contributed by atoms with van der Waals surface area (Å²) in [6, 6.07) is 0. The van der Waals surface area contributed by atoms with Crippen molar-refractivity contribution >= 4 is 5.97 Å². The first-order valence-corrected chi connectivity index (χ1v) is 7.32. The molecule has 0 aromatic rings. The van der Waals surface area contributed by atoms with E-state index in [9.17, 15) is 9.90 Å². The number of hydrogen-bond donors (Lipinski definition) is 1. The Labute approximate surface area is 109 Å².